The van der Waals surface area contributed by atoms with Gasteiger partial charge in [0.1, 0.15) is 5.82 Å². The molecule has 0 aliphatic rings. The van der Waals surface area contributed by atoms with Crippen LogP contribution < -0.4 is 10.2 Å². The van der Waals surface area contributed by atoms with E-state index < -0.39 is 0 Å². The van der Waals surface area contributed by atoms with Crippen LogP contribution in [0, 0.1) is 6.92 Å². The number of aryl methyl sites for hydroxylation is 3. The third-order valence-corrected chi connectivity index (χ3v) is 4.92. The van der Waals surface area contributed by atoms with E-state index in [1.807, 2.05) is 44.6 Å². The van der Waals surface area contributed by atoms with Gasteiger partial charge in [-0.2, -0.15) is 4.98 Å². The van der Waals surface area contributed by atoms with Crippen LogP contribution in [0.5, 0.6) is 0 Å². The number of likely N-dealkylation sites (N-methyl/N-ethyl adjacent to an activating group) is 1. The van der Waals surface area contributed by atoms with Crippen LogP contribution >= 0.6 is 0 Å². The van der Waals surface area contributed by atoms with Crippen molar-refractivity contribution >= 4 is 17.5 Å². The van der Waals surface area contributed by atoms with Crippen LogP contribution in [0.25, 0.3) is 0 Å². The summed E-state index contributed by atoms with van der Waals surface area (Å²) in [5, 5.41) is 3.57. The maximum Gasteiger partial charge on any atom is 0.227 e. The molecule has 0 aliphatic heterocycles. The predicted octanol–water partition coefficient (Wildman–Crippen LogP) is 4.73. The van der Waals surface area contributed by atoms with Gasteiger partial charge in [0.15, 0.2) is 0 Å². The standard InChI is InChI=1S/C23H29N5/c1-5-19-8-7-9-20(6-2)22(19)26-21-16-17(3)25-23(27-21)28(4)15-12-18-10-13-24-14-11-18/h7-11,13-14,16H,5-6,12,15H2,1-4H3,(H,25,26,27). The molecular weight excluding hydrogens is 346 g/mol. The van der Waals surface area contributed by atoms with Crippen LogP contribution in [0.2, 0.25) is 0 Å². The third kappa shape index (κ3) is 4.85. The van der Waals surface area contributed by atoms with Gasteiger partial charge in [0.05, 0.1) is 0 Å². The Balaban J connectivity index is 1.80. The number of para-hydroxylation sites is 1. The molecule has 0 spiro atoms. The van der Waals surface area contributed by atoms with E-state index in [1.54, 1.807) is 0 Å². The summed E-state index contributed by atoms with van der Waals surface area (Å²) in [4.78, 5) is 15.6. The van der Waals surface area contributed by atoms with Gasteiger partial charge in [-0.15, -0.1) is 0 Å². The van der Waals surface area contributed by atoms with Gasteiger partial charge >= 0.3 is 0 Å². The van der Waals surface area contributed by atoms with Gasteiger partial charge in [0.2, 0.25) is 5.95 Å². The van der Waals surface area contributed by atoms with Crippen molar-refractivity contribution in [3.8, 4) is 0 Å². The zero-order valence-electron chi connectivity index (χ0n) is 17.2. The van der Waals surface area contributed by atoms with Gasteiger partial charge in [-0.1, -0.05) is 32.0 Å². The highest BCUT2D eigenvalue weighted by Crippen LogP contribution is 2.26. The summed E-state index contributed by atoms with van der Waals surface area (Å²) in [6.07, 6.45) is 6.56. The van der Waals surface area contributed by atoms with E-state index in [4.69, 9.17) is 4.98 Å². The summed E-state index contributed by atoms with van der Waals surface area (Å²) >= 11 is 0. The summed E-state index contributed by atoms with van der Waals surface area (Å²) in [6.45, 7) is 7.23. The molecule has 5 nitrogen and oxygen atoms in total. The number of aromatic nitrogens is 3. The molecule has 146 valence electrons. The number of rotatable bonds is 8. The molecule has 5 heteroatoms. The first-order chi connectivity index (χ1) is 13.6. The van der Waals surface area contributed by atoms with E-state index in [1.165, 1.54) is 22.4 Å². The fourth-order valence-corrected chi connectivity index (χ4v) is 3.27. The Hall–Kier alpha value is -2.95. The average Bonchev–Trinajstić information content (AvgIpc) is 2.72. The van der Waals surface area contributed by atoms with E-state index >= 15 is 0 Å². The second kappa shape index (κ2) is 9.31. The number of hydrogen-bond donors (Lipinski definition) is 1. The van der Waals surface area contributed by atoms with Gasteiger partial charge < -0.3 is 10.2 Å². The first-order valence-corrected chi connectivity index (χ1v) is 9.94. The lowest BCUT2D eigenvalue weighted by Gasteiger charge is -2.20. The van der Waals surface area contributed by atoms with Gasteiger partial charge in [-0.25, -0.2) is 4.98 Å². The van der Waals surface area contributed by atoms with Crippen molar-refractivity contribution in [1.82, 2.24) is 15.0 Å². The van der Waals surface area contributed by atoms with Crippen molar-refractivity contribution in [2.45, 2.75) is 40.0 Å². The van der Waals surface area contributed by atoms with Gasteiger partial charge in [-0.3, -0.25) is 4.98 Å². The van der Waals surface area contributed by atoms with Crippen molar-refractivity contribution < 1.29 is 0 Å². The molecule has 28 heavy (non-hydrogen) atoms. The number of pyridine rings is 1. The zero-order valence-corrected chi connectivity index (χ0v) is 17.2. The minimum Gasteiger partial charge on any atom is -0.343 e. The Labute approximate surface area is 167 Å². The molecule has 0 bridgehead atoms. The molecule has 2 heterocycles. The highest BCUT2D eigenvalue weighted by molar-refractivity contribution is 5.66. The Morgan fingerprint density at radius 2 is 1.64 bits per heavy atom. The molecule has 1 N–H and O–H groups in total. The topological polar surface area (TPSA) is 53.9 Å². The molecule has 0 fully saturated rings. The molecule has 1 aromatic carbocycles. The molecule has 0 saturated heterocycles. The number of anilines is 3. The monoisotopic (exact) mass is 375 g/mol. The number of benzene rings is 1. The molecule has 0 aliphatic carbocycles. The maximum atomic E-state index is 4.78. The number of nitrogens with zero attached hydrogens (tertiary/aromatic N) is 4. The molecule has 0 unspecified atom stereocenters. The fraction of sp³-hybridized carbons (Fsp3) is 0.348. The van der Waals surface area contributed by atoms with Crippen molar-refractivity contribution in [3.05, 3.63) is 71.2 Å². The number of hydrogen-bond acceptors (Lipinski definition) is 5. The van der Waals surface area contributed by atoms with Crippen LogP contribution in [0.1, 0.15) is 36.2 Å². The third-order valence-electron chi connectivity index (χ3n) is 4.92. The highest BCUT2D eigenvalue weighted by atomic mass is 15.2. The maximum absolute atomic E-state index is 4.78. The predicted molar refractivity (Wildman–Crippen MR) is 116 cm³/mol. The molecule has 3 aromatic rings. The molecule has 0 radical (unpaired) electrons. The number of nitrogens with one attached hydrogen (secondary N) is 1. The van der Waals surface area contributed by atoms with Crippen LogP contribution in [0.4, 0.5) is 17.5 Å². The summed E-state index contributed by atoms with van der Waals surface area (Å²) < 4.78 is 0. The zero-order chi connectivity index (χ0) is 19.9. The van der Waals surface area contributed by atoms with E-state index in [0.29, 0.717) is 0 Å². The molecule has 0 saturated carbocycles. The minimum absolute atomic E-state index is 0.739. The van der Waals surface area contributed by atoms with E-state index in [9.17, 15) is 0 Å². The van der Waals surface area contributed by atoms with E-state index in [0.717, 1.165) is 43.3 Å². The lowest BCUT2D eigenvalue weighted by Crippen LogP contribution is -2.23. The Morgan fingerprint density at radius 1 is 0.964 bits per heavy atom. The van der Waals surface area contributed by atoms with Gasteiger partial charge in [0.25, 0.3) is 0 Å². The molecule has 2 aromatic heterocycles. The Morgan fingerprint density at radius 3 is 2.29 bits per heavy atom. The molecular formula is C23H29N5. The van der Waals surface area contributed by atoms with Crippen molar-refractivity contribution in [1.29, 1.82) is 0 Å². The largest absolute Gasteiger partial charge is 0.343 e. The van der Waals surface area contributed by atoms with E-state index in [2.05, 4.69) is 52.2 Å². The lowest BCUT2D eigenvalue weighted by atomic mass is 10.0. The lowest BCUT2D eigenvalue weighted by molar-refractivity contribution is 0.833. The van der Waals surface area contributed by atoms with Crippen LogP contribution in [0.15, 0.2) is 48.8 Å². The fourth-order valence-electron chi connectivity index (χ4n) is 3.27. The summed E-state index contributed by atoms with van der Waals surface area (Å²) in [5.41, 5.74) is 6.01. The summed E-state index contributed by atoms with van der Waals surface area (Å²) in [6, 6.07) is 12.6. The van der Waals surface area contributed by atoms with Crippen LogP contribution in [-0.4, -0.2) is 28.5 Å². The van der Waals surface area contributed by atoms with Crippen molar-refractivity contribution in [2.75, 3.05) is 23.8 Å². The normalized spacial score (nSPS) is 10.7. The Bertz CT molecular complexity index is 886. The minimum atomic E-state index is 0.739. The van der Waals surface area contributed by atoms with Crippen LogP contribution in [0.3, 0.4) is 0 Å². The smallest absolute Gasteiger partial charge is 0.227 e. The van der Waals surface area contributed by atoms with Gasteiger partial charge in [-0.05, 0) is 55.0 Å². The average molecular weight is 376 g/mol. The Kier molecular flexibility index (Phi) is 6.58. The second-order valence-corrected chi connectivity index (χ2v) is 7.00. The molecule has 0 amide bonds. The van der Waals surface area contributed by atoms with Gasteiger partial charge in [0, 0.05) is 43.4 Å². The highest BCUT2D eigenvalue weighted by Gasteiger charge is 2.11. The summed E-state index contributed by atoms with van der Waals surface area (Å²) in [7, 11) is 2.04. The first-order valence-electron chi connectivity index (χ1n) is 9.94. The summed E-state index contributed by atoms with van der Waals surface area (Å²) in [5.74, 6) is 1.58. The molecule has 0 atom stereocenters. The first kappa shape index (κ1) is 19.8. The second-order valence-electron chi connectivity index (χ2n) is 7.00. The van der Waals surface area contributed by atoms with E-state index in [-0.39, 0.29) is 0 Å². The molecule has 3 rings (SSSR count). The SMILES string of the molecule is CCc1cccc(CC)c1Nc1cc(C)nc(N(C)CCc2ccncc2)n1. The van der Waals surface area contributed by atoms with Crippen molar-refractivity contribution in [2.24, 2.45) is 0 Å². The van der Waals surface area contributed by atoms with Crippen molar-refractivity contribution in [3.63, 3.8) is 0 Å². The quantitative estimate of drug-likeness (QED) is 0.617. The van der Waals surface area contributed by atoms with Crippen LogP contribution in [-0.2, 0) is 19.3 Å².